The van der Waals surface area contributed by atoms with E-state index in [4.69, 9.17) is 9.47 Å². The number of imidazole rings is 1. The lowest BCUT2D eigenvalue weighted by molar-refractivity contribution is 0.0319. The van der Waals surface area contributed by atoms with Crippen molar-refractivity contribution in [3.05, 3.63) is 113 Å². The number of carbonyl (C=O) groups excluding carboxylic acids is 1. The van der Waals surface area contributed by atoms with Crippen molar-refractivity contribution < 1.29 is 27.1 Å². The van der Waals surface area contributed by atoms with Crippen LogP contribution in [0.1, 0.15) is 27.2 Å². The molecule has 0 unspecified atom stereocenters. The number of sulfone groups is 1. The third-order valence-corrected chi connectivity index (χ3v) is 9.00. The Morgan fingerprint density at radius 2 is 1.67 bits per heavy atom. The van der Waals surface area contributed by atoms with E-state index in [1.165, 1.54) is 30.5 Å². The number of hydrogen-bond donors (Lipinski definition) is 0. The first-order valence-corrected chi connectivity index (χ1v) is 15.8. The lowest BCUT2D eigenvalue weighted by Crippen LogP contribution is -2.43. The molecule has 0 aliphatic carbocycles. The fraction of sp³-hybridized carbons (Fsp3) is 0.312. The Bertz CT molecular complexity index is 1600. The summed E-state index contributed by atoms with van der Waals surface area (Å²) in [6.07, 6.45) is 1.53. The van der Waals surface area contributed by atoms with E-state index < -0.39 is 15.7 Å². The van der Waals surface area contributed by atoms with E-state index in [1.807, 2.05) is 30.3 Å². The molecule has 1 fully saturated rings. The second-order valence-electron chi connectivity index (χ2n) is 10.4. The zero-order chi connectivity index (χ0) is 30.2. The Morgan fingerprint density at radius 1 is 0.977 bits per heavy atom. The van der Waals surface area contributed by atoms with Crippen molar-refractivity contribution in [1.29, 1.82) is 0 Å². The van der Waals surface area contributed by atoms with Crippen LogP contribution >= 0.6 is 0 Å². The van der Waals surface area contributed by atoms with E-state index in [0.29, 0.717) is 48.9 Å². The predicted octanol–water partition coefficient (Wildman–Crippen LogP) is 4.03. The summed E-state index contributed by atoms with van der Waals surface area (Å²) in [7, 11) is -2.34. The van der Waals surface area contributed by atoms with Gasteiger partial charge in [0.25, 0.3) is 5.91 Å². The number of amides is 1. The molecule has 226 valence electrons. The average molecular weight is 607 g/mol. The summed E-state index contributed by atoms with van der Waals surface area (Å²) < 4.78 is 53.2. The highest BCUT2D eigenvalue weighted by atomic mass is 32.2. The van der Waals surface area contributed by atoms with E-state index in [9.17, 15) is 17.6 Å². The van der Waals surface area contributed by atoms with Crippen molar-refractivity contribution in [2.24, 2.45) is 0 Å². The van der Waals surface area contributed by atoms with Crippen LogP contribution in [0.5, 0.6) is 5.75 Å². The fourth-order valence-electron chi connectivity index (χ4n) is 5.02. The van der Waals surface area contributed by atoms with E-state index in [-0.39, 0.29) is 29.9 Å². The number of morpholine rings is 1. The van der Waals surface area contributed by atoms with Gasteiger partial charge in [-0.2, -0.15) is 0 Å². The van der Waals surface area contributed by atoms with Gasteiger partial charge in [0.05, 0.1) is 51.1 Å². The van der Waals surface area contributed by atoms with Gasteiger partial charge in [-0.25, -0.2) is 17.8 Å². The highest BCUT2D eigenvalue weighted by Gasteiger charge is 2.27. The van der Waals surface area contributed by atoms with E-state index in [2.05, 4.69) is 9.88 Å². The van der Waals surface area contributed by atoms with Crippen LogP contribution < -0.4 is 4.74 Å². The number of benzene rings is 3. The zero-order valence-corrected chi connectivity index (χ0v) is 24.9. The maximum Gasteiger partial charge on any atom is 0.254 e. The smallest absolute Gasteiger partial charge is 0.254 e. The maximum absolute atomic E-state index is 13.8. The van der Waals surface area contributed by atoms with Gasteiger partial charge in [-0.1, -0.05) is 42.5 Å². The first kappa shape index (κ1) is 30.4. The molecule has 0 spiro atoms. The molecule has 1 aliphatic rings. The number of carbonyl (C=O) groups is 1. The molecule has 5 rings (SSSR count). The summed E-state index contributed by atoms with van der Waals surface area (Å²) in [6, 6.07) is 21.8. The minimum absolute atomic E-state index is 0.0966. The Morgan fingerprint density at radius 3 is 2.35 bits per heavy atom. The molecule has 0 saturated carbocycles. The number of aromatic nitrogens is 2. The van der Waals surface area contributed by atoms with Gasteiger partial charge in [-0.3, -0.25) is 9.69 Å². The van der Waals surface area contributed by atoms with Crippen LogP contribution in [0.4, 0.5) is 4.39 Å². The molecule has 4 aromatic rings. The highest BCUT2D eigenvalue weighted by Crippen LogP contribution is 2.22. The van der Waals surface area contributed by atoms with Gasteiger partial charge in [0.15, 0.2) is 0 Å². The molecule has 2 heterocycles. The minimum atomic E-state index is -3.91. The zero-order valence-electron chi connectivity index (χ0n) is 24.1. The number of methoxy groups -OCH3 is 1. The lowest BCUT2D eigenvalue weighted by Gasteiger charge is -2.30. The van der Waals surface area contributed by atoms with Crippen molar-refractivity contribution in [2.75, 3.05) is 46.5 Å². The molecule has 0 bridgehead atoms. The first-order valence-electron chi connectivity index (χ1n) is 14.1. The highest BCUT2D eigenvalue weighted by molar-refractivity contribution is 7.90. The van der Waals surface area contributed by atoms with Crippen LogP contribution in [0.25, 0.3) is 0 Å². The summed E-state index contributed by atoms with van der Waals surface area (Å²) in [5, 5.41) is -0.0966. The number of hydrogen-bond acceptors (Lipinski definition) is 7. The molecule has 11 heteroatoms. The summed E-state index contributed by atoms with van der Waals surface area (Å²) >= 11 is 0. The summed E-state index contributed by atoms with van der Waals surface area (Å²) in [5.41, 5.74) is 2.44. The molecule has 9 nitrogen and oxygen atoms in total. The Kier molecular flexibility index (Phi) is 9.86. The Hall–Kier alpha value is -4.06. The van der Waals surface area contributed by atoms with Gasteiger partial charge in [-0.15, -0.1) is 0 Å². The largest absolute Gasteiger partial charge is 0.497 e. The molecule has 1 aliphatic heterocycles. The predicted molar refractivity (Wildman–Crippen MR) is 160 cm³/mol. The van der Waals surface area contributed by atoms with Gasteiger partial charge in [0.2, 0.25) is 15.0 Å². The minimum Gasteiger partial charge on any atom is -0.497 e. The van der Waals surface area contributed by atoms with Crippen LogP contribution in [0, 0.1) is 5.82 Å². The van der Waals surface area contributed by atoms with Crippen molar-refractivity contribution in [1.82, 2.24) is 19.4 Å². The molecule has 0 atom stereocenters. The molecule has 3 aromatic carbocycles. The van der Waals surface area contributed by atoms with Gasteiger partial charge >= 0.3 is 0 Å². The van der Waals surface area contributed by atoms with E-state index >= 15 is 0 Å². The number of nitrogens with zero attached hydrogens (tertiary/aromatic N) is 4. The maximum atomic E-state index is 13.8. The Labute approximate surface area is 251 Å². The first-order chi connectivity index (χ1) is 20.8. The molecular weight excluding hydrogens is 571 g/mol. The SMILES string of the molecule is COc1ccc(C(=O)N(CCN2CCOCC2)Cc2cnc(S(=O)(=O)Cc3ccc(F)cc3)n2Cc2ccccc2)cc1. The molecular formula is C32H35FN4O5S. The third kappa shape index (κ3) is 7.86. The van der Waals surface area contributed by atoms with Gasteiger partial charge < -0.3 is 18.9 Å². The van der Waals surface area contributed by atoms with Crippen LogP contribution in [0.3, 0.4) is 0 Å². The fourth-order valence-corrected chi connectivity index (χ4v) is 6.51. The number of ether oxygens (including phenoxy) is 2. The molecule has 1 saturated heterocycles. The van der Waals surface area contributed by atoms with Crippen molar-refractivity contribution in [2.45, 2.75) is 24.0 Å². The van der Waals surface area contributed by atoms with Crippen molar-refractivity contribution >= 4 is 15.7 Å². The number of halogens is 1. The van der Waals surface area contributed by atoms with Crippen LogP contribution in [0.15, 0.2) is 90.2 Å². The van der Waals surface area contributed by atoms with Crippen LogP contribution in [0.2, 0.25) is 0 Å². The van der Waals surface area contributed by atoms with Crippen molar-refractivity contribution in [3.8, 4) is 5.75 Å². The average Bonchev–Trinajstić information content (AvgIpc) is 3.43. The summed E-state index contributed by atoms with van der Waals surface area (Å²) in [5.74, 6) is -0.301. The molecule has 1 amide bonds. The van der Waals surface area contributed by atoms with Gasteiger partial charge in [-0.05, 0) is 47.5 Å². The second-order valence-corrected chi connectivity index (χ2v) is 12.3. The van der Waals surface area contributed by atoms with Gasteiger partial charge in [0, 0.05) is 31.7 Å². The summed E-state index contributed by atoms with van der Waals surface area (Å²) in [4.78, 5) is 22.2. The monoisotopic (exact) mass is 606 g/mol. The van der Waals surface area contributed by atoms with Crippen LogP contribution in [-0.4, -0.2) is 80.2 Å². The quantitative estimate of drug-likeness (QED) is 0.241. The molecule has 1 aromatic heterocycles. The molecule has 43 heavy (non-hydrogen) atoms. The standard InChI is InChI=1S/C32H35FN4O5S/c1-41-30-13-9-27(10-14-30)31(38)36(16-15-35-17-19-42-20-18-35)23-29-21-34-32(37(29)22-25-5-3-2-4-6-25)43(39,40)24-26-7-11-28(33)12-8-26/h2-14,21H,15-20,22-24H2,1H3. The topological polar surface area (TPSA) is 94.0 Å². The van der Waals surface area contributed by atoms with Gasteiger partial charge in [0.1, 0.15) is 11.6 Å². The van der Waals surface area contributed by atoms with Crippen molar-refractivity contribution in [3.63, 3.8) is 0 Å². The van der Waals surface area contributed by atoms with E-state index in [1.54, 1.807) is 40.8 Å². The normalized spacial score (nSPS) is 14.0. The Balaban J connectivity index is 1.47. The van der Waals surface area contributed by atoms with Crippen LogP contribution in [-0.2, 0) is 33.4 Å². The number of rotatable bonds is 12. The second kappa shape index (κ2) is 13.9. The molecule has 0 N–H and O–H groups in total. The third-order valence-electron chi connectivity index (χ3n) is 7.40. The molecule has 0 radical (unpaired) electrons. The van der Waals surface area contributed by atoms with E-state index in [0.717, 1.165) is 18.7 Å². The lowest BCUT2D eigenvalue weighted by atomic mass is 10.1. The summed E-state index contributed by atoms with van der Waals surface area (Å²) in [6.45, 7) is 4.33.